The maximum atomic E-state index is 14.7. The van der Waals surface area contributed by atoms with E-state index in [-0.39, 0.29) is 24.6 Å². The van der Waals surface area contributed by atoms with Crippen molar-refractivity contribution in [1.29, 1.82) is 0 Å². The lowest BCUT2D eigenvalue weighted by Gasteiger charge is -2.27. The second kappa shape index (κ2) is 9.74. The van der Waals surface area contributed by atoms with Crippen LogP contribution in [-0.2, 0) is 9.59 Å². The van der Waals surface area contributed by atoms with Crippen LogP contribution < -0.4 is 15.5 Å². The van der Waals surface area contributed by atoms with Crippen LogP contribution in [0.25, 0.3) is 0 Å². The molecule has 2 aliphatic rings. The fraction of sp³-hybridized carbons (Fsp3) is 0.348. The molecule has 10 heteroatoms. The number of nitrogens with zero attached hydrogens (tertiary/aromatic N) is 2. The molecular weight excluding hydrogens is 454 g/mol. The Bertz CT molecular complexity index is 1070. The van der Waals surface area contributed by atoms with Gasteiger partial charge < -0.3 is 20.4 Å². The van der Waals surface area contributed by atoms with Gasteiger partial charge in [0, 0.05) is 35.8 Å². The molecule has 2 N–H and O–H groups in total. The fourth-order valence-corrected chi connectivity index (χ4v) is 4.18. The number of urea groups is 1. The number of nitrogens with one attached hydrogen (secondary N) is 2. The average Bonchev–Trinajstić information content (AvgIpc) is 3.19. The number of hydrogen-bond acceptors (Lipinski definition) is 3. The van der Waals surface area contributed by atoms with Gasteiger partial charge in [0.25, 0.3) is 0 Å². The third kappa shape index (κ3) is 5.24. The van der Waals surface area contributed by atoms with Crippen molar-refractivity contribution in [1.82, 2.24) is 4.90 Å². The highest BCUT2D eigenvalue weighted by Crippen LogP contribution is 2.27. The lowest BCUT2D eigenvalue weighted by molar-refractivity contribution is -0.120. The summed E-state index contributed by atoms with van der Waals surface area (Å²) in [4.78, 5) is 40.1. The summed E-state index contributed by atoms with van der Waals surface area (Å²) in [6.07, 6.45) is 0.493. The summed E-state index contributed by atoms with van der Waals surface area (Å²) in [6, 6.07) is 8.72. The van der Waals surface area contributed by atoms with Gasteiger partial charge in [0.15, 0.2) is 0 Å². The number of amides is 4. The van der Waals surface area contributed by atoms with Crippen molar-refractivity contribution >= 4 is 46.5 Å². The first-order valence-electron chi connectivity index (χ1n) is 10.7. The van der Waals surface area contributed by atoms with E-state index in [4.69, 9.17) is 11.6 Å². The summed E-state index contributed by atoms with van der Waals surface area (Å²) in [6.45, 7) is 0.262. The standard InChI is InChI=1S/C23H23ClF2N4O3/c24-14-4-6-16(7-5-14)27-23(33)30-13-15(25)11-20(30)22(32)28-19-9-8-17(12-18(19)26)29-10-2-1-3-21(29)31/h4-9,12,15,20H,1-3,10-11,13H2,(H,27,33)(H,28,32)/t15-,20-/m1/s1. The molecule has 2 aromatic rings. The van der Waals surface area contributed by atoms with Crippen molar-refractivity contribution in [3.8, 4) is 0 Å². The molecule has 0 aliphatic carbocycles. The van der Waals surface area contributed by atoms with Crippen LogP contribution in [0.1, 0.15) is 25.7 Å². The molecular formula is C23H23ClF2N4O3. The van der Waals surface area contributed by atoms with Crippen LogP contribution in [0.5, 0.6) is 0 Å². The Hall–Kier alpha value is -3.20. The normalized spacial score (nSPS) is 20.6. The van der Waals surface area contributed by atoms with E-state index in [0.717, 1.165) is 17.7 Å². The van der Waals surface area contributed by atoms with Crippen LogP contribution in [0, 0.1) is 5.82 Å². The molecule has 2 aromatic carbocycles. The van der Waals surface area contributed by atoms with Crippen molar-refractivity contribution in [3.63, 3.8) is 0 Å². The van der Waals surface area contributed by atoms with E-state index < -0.39 is 30.0 Å². The Kier molecular flexibility index (Phi) is 6.78. The third-order valence-electron chi connectivity index (χ3n) is 5.75. The lowest BCUT2D eigenvalue weighted by atomic mass is 10.1. The minimum atomic E-state index is -1.38. The van der Waals surface area contributed by atoms with Crippen molar-refractivity contribution in [2.75, 3.05) is 28.6 Å². The molecule has 4 rings (SSSR count). The highest BCUT2D eigenvalue weighted by atomic mass is 35.5. The fourth-order valence-electron chi connectivity index (χ4n) is 4.05. The molecule has 0 unspecified atom stereocenters. The largest absolute Gasteiger partial charge is 0.322 e. The van der Waals surface area contributed by atoms with E-state index in [1.165, 1.54) is 17.0 Å². The Morgan fingerprint density at radius 2 is 1.82 bits per heavy atom. The number of carbonyl (C=O) groups is 3. The van der Waals surface area contributed by atoms with Crippen molar-refractivity contribution in [2.45, 2.75) is 37.9 Å². The maximum Gasteiger partial charge on any atom is 0.322 e. The smallest absolute Gasteiger partial charge is 0.322 e. The number of benzene rings is 2. The van der Waals surface area contributed by atoms with E-state index in [1.807, 2.05) is 0 Å². The van der Waals surface area contributed by atoms with E-state index in [9.17, 15) is 23.2 Å². The van der Waals surface area contributed by atoms with E-state index in [1.54, 1.807) is 30.3 Å². The molecule has 0 radical (unpaired) electrons. The second-order valence-corrected chi connectivity index (χ2v) is 8.53. The van der Waals surface area contributed by atoms with Gasteiger partial charge in [-0.25, -0.2) is 13.6 Å². The van der Waals surface area contributed by atoms with Gasteiger partial charge in [-0.15, -0.1) is 0 Å². The molecule has 2 saturated heterocycles. The van der Waals surface area contributed by atoms with Gasteiger partial charge in [0.2, 0.25) is 11.8 Å². The van der Waals surface area contributed by atoms with Crippen LogP contribution in [0.2, 0.25) is 5.02 Å². The number of alkyl halides is 1. The number of piperidine rings is 1. The molecule has 0 aromatic heterocycles. The molecule has 2 fully saturated rings. The summed E-state index contributed by atoms with van der Waals surface area (Å²) in [5.74, 6) is -1.48. The Morgan fingerprint density at radius 1 is 1.06 bits per heavy atom. The van der Waals surface area contributed by atoms with Gasteiger partial charge in [-0.05, 0) is 55.3 Å². The average molecular weight is 477 g/mol. The minimum absolute atomic E-state index is 0.0697. The molecule has 0 saturated carbocycles. The van der Waals surface area contributed by atoms with E-state index in [0.29, 0.717) is 29.4 Å². The number of likely N-dealkylation sites (tertiary alicyclic amines) is 1. The van der Waals surface area contributed by atoms with Gasteiger partial charge in [0.05, 0.1) is 12.2 Å². The molecule has 7 nitrogen and oxygen atoms in total. The molecule has 0 bridgehead atoms. The Morgan fingerprint density at radius 3 is 2.52 bits per heavy atom. The first-order valence-corrected chi connectivity index (χ1v) is 11.1. The van der Waals surface area contributed by atoms with Gasteiger partial charge in [-0.2, -0.15) is 0 Å². The zero-order chi connectivity index (χ0) is 23.5. The summed E-state index contributed by atoms with van der Waals surface area (Å²) in [5.41, 5.74) is 0.761. The lowest BCUT2D eigenvalue weighted by Crippen LogP contribution is -2.45. The van der Waals surface area contributed by atoms with Crippen LogP contribution in [0.4, 0.5) is 30.6 Å². The monoisotopic (exact) mass is 476 g/mol. The molecule has 0 spiro atoms. The van der Waals surface area contributed by atoms with Gasteiger partial charge in [-0.1, -0.05) is 11.6 Å². The SMILES string of the molecule is O=C(Nc1ccc(N2CCCCC2=O)cc1F)[C@H]1C[C@@H](F)CN1C(=O)Nc1ccc(Cl)cc1. The molecule has 2 heterocycles. The van der Waals surface area contributed by atoms with Gasteiger partial charge in [0.1, 0.15) is 18.0 Å². The van der Waals surface area contributed by atoms with Crippen LogP contribution in [-0.4, -0.2) is 48.0 Å². The first-order chi connectivity index (χ1) is 15.8. The van der Waals surface area contributed by atoms with Gasteiger partial charge >= 0.3 is 6.03 Å². The topological polar surface area (TPSA) is 81.8 Å². The van der Waals surface area contributed by atoms with Gasteiger partial charge in [-0.3, -0.25) is 9.59 Å². The number of anilines is 3. The maximum absolute atomic E-state index is 14.7. The third-order valence-corrected chi connectivity index (χ3v) is 6.01. The van der Waals surface area contributed by atoms with E-state index in [2.05, 4.69) is 10.6 Å². The summed E-state index contributed by atoms with van der Waals surface area (Å²) < 4.78 is 28.8. The molecule has 33 heavy (non-hydrogen) atoms. The second-order valence-electron chi connectivity index (χ2n) is 8.09. The number of carbonyl (C=O) groups excluding carboxylic acids is 3. The summed E-state index contributed by atoms with van der Waals surface area (Å²) in [7, 11) is 0. The van der Waals surface area contributed by atoms with Crippen LogP contribution in [0.3, 0.4) is 0 Å². The molecule has 4 amide bonds. The zero-order valence-corrected chi connectivity index (χ0v) is 18.4. The quantitative estimate of drug-likeness (QED) is 0.677. The van der Waals surface area contributed by atoms with Crippen LogP contribution >= 0.6 is 11.6 Å². The highest BCUT2D eigenvalue weighted by Gasteiger charge is 2.40. The van der Waals surface area contributed by atoms with Crippen molar-refractivity contribution < 1.29 is 23.2 Å². The number of hydrogen-bond donors (Lipinski definition) is 2. The van der Waals surface area contributed by atoms with Crippen molar-refractivity contribution in [2.24, 2.45) is 0 Å². The Labute approximate surface area is 194 Å². The minimum Gasteiger partial charge on any atom is -0.322 e. The zero-order valence-electron chi connectivity index (χ0n) is 17.7. The van der Waals surface area contributed by atoms with E-state index >= 15 is 0 Å². The predicted octanol–water partition coefficient (Wildman–Crippen LogP) is 4.58. The summed E-state index contributed by atoms with van der Waals surface area (Å²) >= 11 is 5.83. The van der Waals surface area contributed by atoms with Crippen LogP contribution in [0.15, 0.2) is 42.5 Å². The summed E-state index contributed by atoms with van der Waals surface area (Å²) in [5, 5.41) is 5.55. The predicted molar refractivity (Wildman–Crippen MR) is 122 cm³/mol. The first kappa shape index (κ1) is 23.0. The molecule has 2 aliphatic heterocycles. The number of rotatable bonds is 4. The molecule has 174 valence electrons. The number of halogens is 3. The van der Waals surface area contributed by atoms with Crippen molar-refractivity contribution in [3.05, 3.63) is 53.3 Å². The Balaban J connectivity index is 1.44. The highest BCUT2D eigenvalue weighted by molar-refractivity contribution is 6.30. The molecule has 2 atom stereocenters.